The van der Waals surface area contributed by atoms with Crippen molar-refractivity contribution < 1.29 is 17.9 Å². The molecular formula is C43H52Cl2SiZr. The van der Waals surface area contributed by atoms with E-state index < -0.39 is 27.4 Å². The van der Waals surface area contributed by atoms with E-state index in [0.717, 1.165) is 6.42 Å². The summed E-state index contributed by atoms with van der Waals surface area (Å²) in [6.07, 6.45) is 3.53. The molecule has 0 amide bonds. The van der Waals surface area contributed by atoms with E-state index in [0.29, 0.717) is 5.92 Å². The summed E-state index contributed by atoms with van der Waals surface area (Å²) in [7, 11) is 15.5. The number of halogens is 2. The molecule has 6 rings (SSSR count). The average molecular weight is 759 g/mol. The fourth-order valence-corrected chi connectivity index (χ4v) is 24.6. The van der Waals surface area contributed by atoms with Crippen molar-refractivity contribution >= 4 is 46.3 Å². The minimum atomic E-state index is -4.10. The van der Waals surface area contributed by atoms with Crippen LogP contribution in [-0.4, -0.2) is 9.52 Å². The average Bonchev–Trinajstić information content (AvgIpc) is 3.52. The van der Waals surface area contributed by atoms with Crippen LogP contribution < -0.4 is 13.6 Å². The molecule has 4 aromatic carbocycles. The Morgan fingerprint density at radius 2 is 1.34 bits per heavy atom. The first-order valence-electron chi connectivity index (χ1n) is 17.4. The third-order valence-electron chi connectivity index (χ3n) is 10.3. The van der Waals surface area contributed by atoms with Gasteiger partial charge in [0.1, 0.15) is 0 Å². The van der Waals surface area contributed by atoms with Gasteiger partial charge < -0.3 is 0 Å². The molecule has 2 aliphatic rings. The van der Waals surface area contributed by atoms with E-state index in [4.69, 9.17) is 17.0 Å². The Hall–Kier alpha value is -1.70. The second kappa shape index (κ2) is 12.3. The zero-order valence-corrected chi connectivity index (χ0v) is 35.7. The summed E-state index contributed by atoms with van der Waals surface area (Å²) in [5, 5.41) is 3.01. The monoisotopic (exact) mass is 756 g/mol. The van der Waals surface area contributed by atoms with E-state index in [1.54, 1.807) is 0 Å². The Morgan fingerprint density at radius 3 is 1.94 bits per heavy atom. The molecule has 0 radical (unpaired) electrons. The molecule has 0 bridgehead atoms. The maximum atomic E-state index is 8.06. The van der Waals surface area contributed by atoms with E-state index in [9.17, 15) is 0 Å². The second-order valence-corrected chi connectivity index (χ2v) is 33.4. The number of benzene rings is 4. The van der Waals surface area contributed by atoms with Gasteiger partial charge in [0.05, 0.1) is 0 Å². The van der Waals surface area contributed by atoms with Gasteiger partial charge >= 0.3 is 301 Å². The zero-order valence-electron chi connectivity index (χ0n) is 30.3. The fourth-order valence-electron chi connectivity index (χ4n) is 7.79. The number of fused-ring (bicyclic) bond motifs is 4. The minimum absolute atomic E-state index is 0.0318. The van der Waals surface area contributed by atoms with Crippen molar-refractivity contribution in [1.29, 1.82) is 0 Å². The predicted octanol–water partition coefficient (Wildman–Crippen LogP) is 10.6. The molecule has 0 N–H and O–H groups in total. The van der Waals surface area contributed by atoms with Gasteiger partial charge in [0.15, 0.2) is 0 Å². The summed E-state index contributed by atoms with van der Waals surface area (Å²) in [6, 6.07) is 27.9. The van der Waals surface area contributed by atoms with Crippen LogP contribution in [0.4, 0.5) is 0 Å². The van der Waals surface area contributed by atoms with Crippen LogP contribution in [0.5, 0.6) is 0 Å². The zero-order chi connectivity index (χ0) is 34.3. The third kappa shape index (κ3) is 6.52. The normalized spacial score (nSPS) is 16.8. The molecule has 4 heteroatoms. The van der Waals surface area contributed by atoms with Gasteiger partial charge in [0, 0.05) is 0 Å². The van der Waals surface area contributed by atoms with E-state index in [1.807, 2.05) is 0 Å². The molecule has 0 aromatic heterocycles. The van der Waals surface area contributed by atoms with Crippen LogP contribution in [0.3, 0.4) is 0 Å². The molecule has 4 aromatic rings. The van der Waals surface area contributed by atoms with E-state index in [1.165, 1.54) is 69.3 Å². The summed E-state index contributed by atoms with van der Waals surface area (Å²) >= 11 is -4.10. The summed E-state index contributed by atoms with van der Waals surface area (Å²) in [6.45, 7) is 25.7. The SMILES string of the molecule is CC(C)CC1=Cc2c(ccc(C(C)(C)C)c2-c2cc(C(C)(C)C)cc(C(C)(C)C)c2)[CH]1[Zr]([Cl])([Cl])[c]1cccc2c1[SiH2]c1ccccc1-2. The molecule has 1 unspecified atom stereocenters. The van der Waals surface area contributed by atoms with E-state index in [2.05, 4.69) is 155 Å². The summed E-state index contributed by atoms with van der Waals surface area (Å²) in [5.41, 5.74) is 13.7. The molecule has 47 heavy (non-hydrogen) atoms. The van der Waals surface area contributed by atoms with Gasteiger partial charge in [-0.15, -0.1) is 0 Å². The number of hydrogen-bond donors (Lipinski definition) is 0. The molecule has 1 aliphatic heterocycles. The first-order chi connectivity index (χ1) is 21.8. The molecule has 0 saturated carbocycles. The van der Waals surface area contributed by atoms with Crippen LogP contribution in [0, 0.1) is 5.92 Å². The molecule has 1 aliphatic carbocycles. The topological polar surface area (TPSA) is 0 Å². The first-order valence-corrected chi connectivity index (χ1v) is 27.8. The van der Waals surface area contributed by atoms with Crippen LogP contribution >= 0.6 is 17.0 Å². The molecule has 0 fully saturated rings. The molecule has 1 atom stereocenters. The van der Waals surface area contributed by atoms with Gasteiger partial charge in [-0.3, -0.25) is 0 Å². The van der Waals surface area contributed by atoms with Crippen molar-refractivity contribution in [1.82, 2.24) is 0 Å². The Kier molecular flexibility index (Phi) is 9.17. The molecule has 246 valence electrons. The van der Waals surface area contributed by atoms with Crippen LogP contribution in [0.1, 0.15) is 114 Å². The van der Waals surface area contributed by atoms with Crippen molar-refractivity contribution in [2.75, 3.05) is 0 Å². The number of hydrogen-bond acceptors (Lipinski definition) is 0. The van der Waals surface area contributed by atoms with E-state index in [-0.39, 0.29) is 19.9 Å². The summed E-state index contributed by atoms with van der Waals surface area (Å²) in [4.78, 5) is 0. The summed E-state index contributed by atoms with van der Waals surface area (Å²) in [5.74, 6) is 0.510. The Labute approximate surface area is 298 Å². The van der Waals surface area contributed by atoms with Gasteiger partial charge in [-0.25, -0.2) is 0 Å². The molecule has 1 heterocycles. The standard InChI is InChI=1S/C31H43.C12H9Si.2ClH.Zr/c1-20(2)14-21-15-22-12-13-27(31(9,10)11)28(26(22)16-21)23-17-24(29(3,4)5)19-25(18-23)30(6,7)8;1-3-7-11-9(5-1)10-6-2-4-8-12(10)13-11;;;/h12-13,15-20H,14H2,1-11H3;1-7H,13H2;2*1H;/q;;;;+2/p-2. The Morgan fingerprint density at radius 1 is 0.723 bits per heavy atom. The summed E-state index contributed by atoms with van der Waals surface area (Å²) < 4.78 is 1.39. The Bertz CT molecular complexity index is 1860. The third-order valence-corrected chi connectivity index (χ3v) is 24.6. The second-order valence-electron chi connectivity index (χ2n) is 17.6. The molecular weight excluding hydrogens is 707 g/mol. The quantitative estimate of drug-likeness (QED) is 0.157. The molecule has 0 saturated heterocycles. The molecule has 0 nitrogen and oxygen atoms in total. The van der Waals surface area contributed by atoms with Crippen molar-refractivity contribution in [2.45, 2.75) is 102 Å². The molecule has 0 spiro atoms. The van der Waals surface area contributed by atoms with Gasteiger partial charge in [-0.2, -0.15) is 0 Å². The van der Waals surface area contributed by atoms with Gasteiger partial charge in [-0.05, 0) is 0 Å². The van der Waals surface area contributed by atoms with E-state index >= 15 is 0 Å². The number of allylic oxidation sites excluding steroid dienone is 1. The number of rotatable bonds is 5. The van der Waals surface area contributed by atoms with Crippen LogP contribution in [0.2, 0.25) is 0 Å². The maximum absolute atomic E-state index is 8.06. The van der Waals surface area contributed by atoms with Crippen molar-refractivity contribution in [3.8, 4) is 22.3 Å². The van der Waals surface area contributed by atoms with Gasteiger partial charge in [-0.1, -0.05) is 0 Å². The van der Waals surface area contributed by atoms with Gasteiger partial charge in [0.2, 0.25) is 0 Å². The van der Waals surface area contributed by atoms with Crippen LogP contribution in [0.25, 0.3) is 28.3 Å². The van der Waals surface area contributed by atoms with Gasteiger partial charge in [0.25, 0.3) is 0 Å². The fraction of sp³-hybridized carbons (Fsp3) is 0.395. The van der Waals surface area contributed by atoms with Crippen molar-refractivity contribution in [2.24, 2.45) is 5.92 Å². The first kappa shape index (κ1) is 35.1. The van der Waals surface area contributed by atoms with Crippen LogP contribution in [0.15, 0.2) is 78.4 Å². The predicted molar refractivity (Wildman–Crippen MR) is 209 cm³/mol. The van der Waals surface area contributed by atoms with Crippen molar-refractivity contribution in [3.05, 3.63) is 106 Å². The van der Waals surface area contributed by atoms with Crippen molar-refractivity contribution in [3.63, 3.8) is 0 Å². The van der Waals surface area contributed by atoms with Crippen LogP contribution in [-0.2, 0) is 34.1 Å². The Balaban J connectivity index is 1.62.